The van der Waals surface area contributed by atoms with Crippen LogP contribution in [0.15, 0.2) is 198 Å². The van der Waals surface area contributed by atoms with E-state index in [4.69, 9.17) is 9.47 Å². The zero-order chi connectivity index (χ0) is 79.1. The molecule has 1 unspecified atom stereocenters. The predicted molar refractivity (Wildman–Crippen MR) is 421 cm³/mol. The van der Waals surface area contributed by atoms with Gasteiger partial charge in [-0.3, -0.25) is 57.7 Å². The third-order valence-electron chi connectivity index (χ3n) is 19.9. The number of pyridine rings is 3. The molecule has 0 aliphatic carbocycles. The summed E-state index contributed by atoms with van der Waals surface area (Å²) in [6, 6.07) is 43.5. The number of para-hydroxylation sites is 1. The fourth-order valence-corrected chi connectivity index (χ4v) is 14.3. The van der Waals surface area contributed by atoms with Gasteiger partial charge in [-0.25, -0.2) is 4.98 Å². The molecule has 2 fully saturated rings. The van der Waals surface area contributed by atoms with Crippen molar-refractivity contribution in [3.63, 3.8) is 0 Å². The number of benzene rings is 5. The van der Waals surface area contributed by atoms with Gasteiger partial charge in [0.25, 0.3) is 11.1 Å². The molecule has 4 aromatic heterocycles. The zero-order valence-corrected chi connectivity index (χ0v) is 63.8. The summed E-state index contributed by atoms with van der Waals surface area (Å²) in [4.78, 5) is 132. The molecular formula is C86H100N10O14. The molecule has 2 saturated heterocycles. The van der Waals surface area contributed by atoms with Gasteiger partial charge in [-0.2, -0.15) is 0 Å². The first kappa shape index (κ1) is 82.6. The van der Waals surface area contributed by atoms with Gasteiger partial charge in [0.2, 0.25) is 23.6 Å². The molecule has 0 spiro atoms. The smallest absolute Gasteiger partial charge is 0.305 e. The Balaban J connectivity index is 0.000000191. The van der Waals surface area contributed by atoms with Crippen molar-refractivity contribution >= 4 is 58.1 Å². The first-order valence-electron chi connectivity index (χ1n) is 37.2. The highest BCUT2D eigenvalue weighted by Gasteiger charge is 2.38. The Morgan fingerprint density at radius 1 is 0.555 bits per heavy atom. The summed E-state index contributed by atoms with van der Waals surface area (Å²) in [7, 11) is 3.16. The van der Waals surface area contributed by atoms with E-state index in [9.17, 15) is 58.5 Å². The summed E-state index contributed by atoms with van der Waals surface area (Å²) < 4.78 is 13.3. The van der Waals surface area contributed by atoms with Gasteiger partial charge in [0.1, 0.15) is 18.1 Å². The molecule has 6 N–H and O–H groups in total. The number of nitrogens with zero attached hydrogens (tertiary/aromatic N) is 7. The Bertz CT molecular complexity index is 4770. The summed E-state index contributed by atoms with van der Waals surface area (Å²) in [6.45, 7) is 16.1. The Labute approximate surface area is 640 Å². The Hall–Kier alpha value is -11.5. The maximum absolute atomic E-state index is 13.9. The molecule has 11 rings (SSSR count). The normalized spacial score (nSPS) is 15.4. The van der Waals surface area contributed by atoms with E-state index in [0.717, 1.165) is 81.8 Å². The van der Waals surface area contributed by atoms with Crippen LogP contribution in [0.2, 0.25) is 0 Å². The number of aliphatic carboxylic acids is 3. The number of fused-ring (bicyclic) bond motifs is 1. The molecular weight excluding hydrogens is 1400 g/mol. The van der Waals surface area contributed by atoms with E-state index >= 15 is 0 Å². The van der Waals surface area contributed by atoms with Crippen molar-refractivity contribution < 1.29 is 58.4 Å². The van der Waals surface area contributed by atoms with Crippen LogP contribution in [-0.4, -0.2) is 138 Å². The SMILES string of the molecule is COC1CCN(c2cccc([C@H](CC(=O)O)NC(=O)[C@H](CC(C)C)n3ccccc3=O)c2)CC1.COC[C@@H](C(=O)N[C@@H](CC(=O)O)c1cccc(-c2ccccc2C)c1)n1cnc2ccccc2c1=O.Cc1cccc(C)c1-c1cncc([C@H](CC(=O)O)NC(=O)[C@H](CC(C)C)N2CC(c3ccccn3)CCC2=O)c1. The lowest BCUT2D eigenvalue weighted by molar-refractivity contribution is -0.144. The fraction of sp³-hybridized carbons (Fsp3) is 0.372. The molecule has 2 aliphatic heterocycles. The van der Waals surface area contributed by atoms with Crippen molar-refractivity contribution in [3.05, 3.63) is 249 Å². The summed E-state index contributed by atoms with van der Waals surface area (Å²) in [5, 5.41) is 38.0. The summed E-state index contributed by atoms with van der Waals surface area (Å²) >= 11 is 0. The van der Waals surface area contributed by atoms with Crippen molar-refractivity contribution in [3.8, 4) is 22.3 Å². The van der Waals surface area contributed by atoms with Gasteiger partial charge in [-0.05, 0) is 169 Å². The average Bonchev–Trinajstić information content (AvgIpc) is 0.797. The van der Waals surface area contributed by atoms with Crippen molar-refractivity contribution in [1.82, 2.24) is 44.9 Å². The van der Waals surface area contributed by atoms with E-state index in [1.54, 1.807) is 79.3 Å². The maximum Gasteiger partial charge on any atom is 0.305 e. The topological polar surface area (TPSA) is 324 Å². The molecule has 2 aliphatic rings. The largest absolute Gasteiger partial charge is 0.481 e. The molecule has 5 aromatic carbocycles. The molecule has 0 radical (unpaired) electrons. The molecule has 110 heavy (non-hydrogen) atoms. The van der Waals surface area contributed by atoms with E-state index in [2.05, 4.69) is 35.8 Å². The molecule has 24 nitrogen and oxygen atoms in total. The fourth-order valence-electron chi connectivity index (χ4n) is 14.3. The van der Waals surface area contributed by atoms with E-state index < -0.39 is 60.1 Å². The number of carboxylic acid groups (broad SMARTS) is 3. The molecule has 4 amide bonds. The van der Waals surface area contributed by atoms with Crippen LogP contribution in [0, 0.1) is 32.6 Å². The van der Waals surface area contributed by atoms with E-state index in [0.29, 0.717) is 54.3 Å². The van der Waals surface area contributed by atoms with Crippen LogP contribution in [0.3, 0.4) is 0 Å². The van der Waals surface area contributed by atoms with Crippen molar-refractivity contribution in [2.24, 2.45) is 11.8 Å². The van der Waals surface area contributed by atoms with Crippen molar-refractivity contribution in [2.45, 2.75) is 155 Å². The third-order valence-corrected chi connectivity index (χ3v) is 19.9. The number of carboxylic acids is 3. The second-order valence-electron chi connectivity index (χ2n) is 28.9. The number of amides is 4. The van der Waals surface area contributed by atoms with E-state index in [1.807, 2.05) is 158 Å². The Kier molecular flexibility index (Phi) is 29.7. The van der Waals surface area contributed by atoms with E-state index in [-0.39, 0.29) is 78.6 Å². The van der Waals surface area contributed by atoms with Crippen LogP contribution >= 0.6 is 0 Å². The minimum absolute atomic E-state index is 0.0365. The molecule has 0 bridgehead atoms. The van der Waals surface area contributed by atoms with Gasteiger partial charge >= 0.3 is 17.9 Å². The van der Waals surface area contributed by atoms with Crippen molar-refractivity contribution in [2.75, 3.05) is 45.4 Å². The average molecular weight is 1500 g/mol. The number of piperidine rings is 2. The van der Waals surface area contributed by atoms with Gasteiger partial charge in [-0.15, -0.1) is 0 Å². The number of rotatable bonds is 29. The van der Waals surface area contributed by atoms with Crippen LogP contribution in [0.4, 0.5) is 5.69 Å². The van der Waals surface area contributed by atoms with Crippen LogP contribution < -0.4 is 32.0 Å². The van der Waals surface area contributed by atoms with Crippen LogP contribution in [0.5, 0.6) is 0 Å². The second kappa shape index (κ2) is 39.6. The molecule has 578 valence electrons. The number of hydrogen-bond donors (Lipinski definition) is 6. The van der Waals surface area contributed by atoms with Crippen LogP contribution in [0.25, 0.3) is 33.2 Å². The monoisotopic (exact) mass is 1500 g/mol. The molecule has 6 heterocycles. The van der Waals surface area contributed by atoms with Crippen molar-refractivity contribution in [1.29, 1.82) is 0 Å². The first-order chi connectivity index (χ1) is 52.8. The Morgan fingerprint density at radius 2 is 1.12 bits per heavy atom. The number of ether oxygens (including phenoxy) is 2. The number of hydrogen-bond acceptors (Lipinski definition) is 15. The lowest BCUT2D eigenvalue weighted by atomic mass is 9.90. The number of aromatic nitrogens is 5. The zero-order valence-electron chi connectivity index (χ0n) is 63.8. The third kappa shape index (κ3) is 22.3. The Morgan fingerprint density at radius 3 is 1.74 bits per heavy atom. The molecule has 7 atom stereocenters. The number of aryl methyl sites for hydroxylation is 3. The highest BCUT2D eigenvalue weighted by molar-refractivity contribution is 5.89. The highest BCUT2D eigenvalue weighted by atomic mass is 16.5. The predicted octanol–water partition coefficient (Wildman–Crippen LogP) is 12.5. The van der Waals surface area contributed by atoms with Gasteiger partial charge in [0.05, 0.1) is 67.3 Å². The maximum atomic E-state index is 13.9. The molecule has 24 heteroatoms. The molecule has 0 saturated carbocycles. The van der Waals surface area contributed by atoms with Crippen LogP contribution in [-0.2, 0) is 43.0 Å². The minimum atomic E-state index is -1.06. The number of carbonyl (C=O) groups is 7. The number of likely N-dealkylation sites (tertiary alicyclic amines) is 1. The highest BCUT2D eigenvalue weighted by Crippen LogP contribution is 2.34. The minimum Gasteiger partial charge on any atom is -0.481 e. The second-order valence-corrected chi connectivity index (χ2v) is 28.9. The van der Waals surface area contributed by atoms with Crippen LogP contribution in [0.1, 0.15) is 161 Å². The van der Waals surface area contributed by atoms with E-state index in [1.165, 1.54) is 28.6 Å². The number of carbonyl (C=O) groups excluding carboxylic acids is 4. The standard InChI is InChI=1S/C32H38N4O4.C28H27N3O5.C26H35N3O5/c1-20(2)14-28(36-19-23(11-12-29(36)37)26-10-5-6-13-34-26)32(40)35-27(16-30(38)39)24-15-25(18-33-17-24)31-21(3)8-7-9-22(31)4;1-18-8-3-4-11-21(18)19-9-7-10-20(14-19)24(15-26(32)33)30-27(34)25(16-36-2)31-17-29-23-13-6-5-12-22(23)28(31)35;1-18(2)15-23(29-12-5-4-9-24(29)30)26(33)27-22(17-25(31)32)19-7-6-8-20(16-19)28-13-10-21(34-3)11-14-28/h5-10,13,15,17-18,20,23,27-28H,11-12,14,16,19H2,1-4H3,(H,35,40)(H,38,39);3-14,17,24-25H,15-16H2,1-2H3,(H,30,34)(H,32,33);4-9,12,16,18,21-23H,10-11,13-15,17H2,1-3H3,(H,27,33)(H,31,32)/t23?,27-,28-;24-,25-;22-,23-/m000/s1. The summed E-state index contributed by atoms with van der Waals surface area (Å²) in [5.41, 5.74) is 10.8. The van der Waals surface area contributed by atoms with Gasteiger partial charge in [0, 0.05) is 94.0 Å². The lowest BCUT2D eigenvalue weighted by Crippen LogP contribution is -2.53. The first-order valence-corrected chi connectivity index (χ1v) is 37.2. The lowest BCUT2D eigenvalue weighted by Gasteiger charge is -2.38. The summed E-state index contributed by atoms with van der Waals surface area (Å²) in [5.74, 6) is -4.08. The number of anilines is 1. The van der Waals surface area contributed by atoms with Gasteiger partial charge < -0.3 is 55.1 Å². The summed E-state index contributed by atoms with van der Waals surface area (Å²) in [6.07, 6.45) is 11.2. The number of methoxy groups -OCH3 is 2. The molecule has 9 aromatic rings. The quantitative estimate of drug-likeness (QED) is 0.0254. The van der Waals surface area contributed by atoms with Gasteiger partial charge in [-0.1, -0.05) is 125 Å². The van der Waals surface area contributed by atoms with Gasteiger partial charge in [0.15, 0.2) is 0 Å². The number of nitrogens with one attached hydrogen (secondary N) is 3.